The average molecular weight is 292 g/mol. The van der Waals surface area contributed by atoms with Gasteiger partial charge in [-0.1, -0.05) is 24.3 Å². The molecule has 22 heavy (non-hydrogen) atoms. The summed E-state index contributed by atoms with van der Waals surface area (Å²) in [6, 6.07) is 17.7. The molecule has 110 valence electrons. The highest BCUT2D eigenvalue weighted by molar-refractivity contribution is 5.84. The van der Waals surface area contributed by atoms with Crippen molar-refractivity contribution in [2.75, 3.05) is 0 Å². The van der Waals surface area contributed by atoms with E-state index < -0.39 is 12.0 Å². The van der Waals surface area contributed by atoms with Gasteiger partial charge in [0.1, 0.15) is 5.75 Å². The third kappa shape index (κ3) is 2.91. The number of hydrogen-bond acceptors (Lipinski definition) is 3. The second-order valence-electron chi connectivity index (χ2n) is 5.10. The number of pyridine rings is 1. The number of carbonyl (C=O) groups excluding carboxylic acids is 1. The Balaban J connectivity index is 1.86. The van der Waals surface area contributed by atoms with E-state index in [1.54, 1.807) is 13.1 Å². The maximum Gasteiger partial charge on any atom is 0.258 e. The largest absolute Gasteiger partial charge is 0.481 e. The zero-order valence-electron chi connectivity index (χ0n) is 12.2. The number of fused-ring (bicyclic) bond motifs is 1. The molecule has 0 radical (unpaired) electrons. The molecule has 4 nitrogen and oxygen atoms in total. The molecule has 0 fully saturated rings. The number of amides is 1. The lowest BCUT2D eigenvalue weighted by molar-refractivity contribution is -0.123. The monoisotopic (exact) mass is 292 g/mol. The lowest BCUT2D eigenvalue weighted by Crippen LogP contribution is -2.30. The van der Waals surface area contributed by atoms with Crippen LogP contribution in [0.5, 0.6) is 5.75 Å². The first kappa shape index (κ1) is 14.1. The number of rotatable bonds is 4. The van der Waals surface area contributed by atoms with Crippen LogP contribution in [0.25, 0.3) is 22.0 Å². The summed E-state index contributed by atoms with van der Waals surface area (Å²) in [6.07, 6.45) is 1.14. The van der Waals surface area contributed by atoms with Crippen molar-refractivity contribution < 1.29 is 9.53 Å². The van der Waals surface area contributed by atoms with Gasteiger partial charge in [0, 0.05) is 11.6 Å². The SMILES string of the molecule is CC(Oc1ccc(-c2ccc3ncccc3c2)cc1)C(N)=O. The van der Waals surface area contributed by atoms with Gasteiger partial charge in [0.2, 0.25) is 0 Å². The van der Waals surface area contributed by atoms with Gasteiger partial charge in [-0.2, -0.15) is 0 Å². The molecule has 1 unspecified atom stereocenters. The summed E-state index contributed by atoms with van der Waals surface area (Å²) >= 11 is 0. The van der Waals surface area contributed by atoms with E-state index in [-0.39, 0.29) is 0 Å². The zero-order valence-corrected chi connectivity index (χ0v) is 12.2. The molecule has 1 atom stereocenters. The highest BCUT2D eigenvalue weighted by Gasteiger charge is 2.10. The van der Waals surface area contributed by atoms with Crippen molar-refractivity contribution in [3.63, 3.8) is 0 Å². The van der Waals surface area contributed by atoms with E-state index in [1.807, 2.05) is 48.5 Å². The van der Waals surface area contributed by atoms with Crippen molar-refractivity contribution in [3.8, 4) is 16.9 Å². The summed E-state index contributed by atoms with van der Waals surface area (Å²) in [5, 5.41) is 1.10. The third-order valence-electron chi connectivity index (χ3n) is 3.50. The summed E-state index contributed by atoms with van der Waals surface area (Å²) in [5.41, 5.74) is 8.34. The van der Waals surface area contributed by atoms with Crippen molar-refractivity contribution in [1.82, 2.24) is 4.98 Å². The standard InChI is InChI=1S/C18H16N2O2/c1-12(18(19)21)22-16-7-4-13(5-8-16)14-6-9-17-15(11-14)3-2-10-20-17/h2-12H,1H3,(H2,19,21). The van der Waals surface area contributed by atoms with E-state index in [1.165, 1.54) is 0 Å². The predicted molar refractivity (Wildman–Crippen MR) is 86.5 cm³/mol. The molecule has 1 amide bonds. The van der Waals surface area contributed by atoms with Gasteiger partial charge in [-0.15, -0.1) is 0 Å². The number of ether oxygens (including phenoxy) is 1. The lowest BCUT2D eigenvalue weighted by Gasteiger charge is -2.11. The molecule has 3 aromatic rings. The fourth-order valence-corrected chi connectivity index (χ4v) is 2.24. The van der Waals surface area contributed by atoms with E-state index in [9.17, 15) is 4.79 Å². The van der Waals surface area contributed by atoms with Crippen molar-refractivity contribution in [3.05, 3.63) is 60.8 Å². The fourth-order valence-electron chi connectivity index (χ4n) is 2.24. The maximum atomic E-state index is 11.0. The molecule has 2 N–H and O–H groups in total. The van der Waals surface area contributed by atoms with Crippen LogP contribution in [0.3, 0.4) is 0 Å². The van der Waals surface area contributed by atoms with Gasteiger partial charge in [0.05, 0.1) is 5.52 Å². The molecular weight excluding hydrogens is 276 g/mol. The van der Waals surface area contributed by atoms with Gasteiger partial charge in [-0.25, -0.2) is 0 Å². The Bertz CT molecular complexity index is 813. The molecule has 1 heterocycles. The molecular formula is C18H16N2O2. The van der Waals surface area contributed by atoms with Crippen LogP contribution in [0.4, 0.5) is 0 Å². The zero-order chi connectivity index (χ0) is 15.5. The Labute approximate surface area is 128 Å². The predicted octanol–water partition coefficient (Wildman–Crippen LogP) is 3.15. The Morgan fingerprint density at radius 3 is 2.55 bits per heavy atom. The van der Waals surface area contributed by atoms with Gasteiger partial charge in [0.15, 0.2) is 6.10 Å². The molecule has 0 bridgehead atoms. The average Bonchev–Trinajstić information content (AvgIpc) is 2.55. The molecule has 1 aromatic heterocycles. The first-order valence-corrected chi connectivity index (χ1v) is 7.05. The molecule has 0 spiro atoms. The van der Waals surface area contributed by atoms with Crippen molar-refractivity contribution >= 4 is 16.8 Å². The topological polar surface area (TPSA) is 65.2 Å². The number of benzene rings is 2. The minimum atomic E-state index is -0.641. The smallest absolute Gasteiger partial charge is 0.258 e. The second kappa shape index (κ2) is 5.85. The van der Waals surface area contributed by atoms with Crippen LogP contribution < -0.4 is 10.5 Å². The van der Waals surface area contributed by atoms with Gasteiger partial charge < -0.3 is 10.5 Å². The van der Waals surface area contributed by atoms with Crippen molar-refractivity contribution in [2.24, 2.45) is 5.73 Å². The van der Waals surface area contributed by atoms with Crippen LogP contribution in [-0.4, -0.2) is 17.0 Å². The number of primary amides is 1. The Morgan fingerprint density at radius 1 is 1.09 bits per heavy atom. The van der Waals surface area contributed by atoms with E-state index in [0.29, 0.717) is 5.75 Å². The van der Waals surface area contributed by atoms with Gasteiger partial charge in [-0.05, 0) is 48.4 Å². The summed E-state index contributed by atoms with van der Waals surface area (Å²) in [4.78, 5) is 15.3. The first-order chi connectivity index (χ1) is 10.6. The van der Waals surface area contributed by atoms with Crippen LogP contribution in [0, 0.1) is 0 Å². The lowest BCUT2D eigenvalue weighted by atomic mass is 10.0. The van der Waals surface area contributed by atoms with Crippen LogP contribution in [0.15, 0.2) is 60.8 Å². The molecule has 0 saturated heterocycles. The molecule has 2 aromatic carbocycles. The van der Waals surface area contributed by atoms with E-state index in [4.69, 9.17) is 10.5 Å². The van der Waals surface area contributed by atoms with E-state index in [0.717, 1.165) is 22.0 Å². The number of carbonyl (C=O) groups is 1. The van der Waals surface area contributed by atoms with Crippen LogP contribution in [0.2, 0.25) is 0 Å². The minimum Gasteiger partial charge on any atom is -0.481 e. The fraction of sp³-hybridized carbons (Fsp3) is 0.111. The third-order valence-corrected chi connectivity index (χ3v) is 3.50. The summed E-state index contributed by atoms with van der Waals surface area (Å²) in [7, 11) is 0. The Hall–Kier alpha value is -2.88. The highest BCUT2D eigenvalue weighted by Crippen LogP contribution is 2.25. The van der Waals surface area contributed by atoms with E-state index in [2.05, 4.69) is 11.1 Å². The summed E-state index contributed by atoms with van der Waals surface area (Å²) in [5.74, 6) is 0.142. The van der Waals surface area contributed by atoms with Crippen LogP contribution in [-0.2, 0) is 4.79 Å². The number of aromatic nitrogens is 1. The quantitative estimate of drug-likeness (QED) is 0.803. The second-order valence-corrected chi connectivity index (χ2v) is 5.10. The number of hydrogen-bond donors (Lipinski definition) is 1. The molecule has 4 heteroatoms. The number of nitrogens with zero attached hydrogens (tertiary/aromatic N) is 1. The normalized spacial score (nSPS) is 12.0. The Kier molecular flexibility index (Phi) is 3.74. The van der Waals surface area contributed by atoms with Gasteiger partial charge >= 0.3 is 0 Å². The summed E-state index contributed by atoms with van der Waals surface area (Å²) < 4.78 is 5.45. The Morgan fingerprint density at radius 2 is 1.82 bits per heavy atom. The molecule has 0 aliphatic heterocycles. The first-order valence-electron chi connectivity index (χ1n) is 7.05. The van der Waals surface area contributed by atoms with Crippen LogP contribution >= 0.6 is 0 Å². The molecule has 0 aliphatic rings. The van der Waals surface area contributed by atoms with E-state index >= 15 is 0 Å². The molecule has 3 rings (SSSR count). The van der Waals surface area contributed by atoms with Crippen molar-refractivity contribution in [2.45, 2.75) is 13.0 Å². The molecule has 0 saturated carbocycles. The van der Waals surface area contributed by atoms with Gasteiger partial charge in [-0.3, -0.25) is 9.78 Å². The molecule has 0 aliphatic carbocycles. The maximum absolute atomic E-state index is 11.0. The van der Waals surface area contributed by atoms with Gasteiger partial charge in [0.25, 0.3) is 5.91 Å². The van der Waals surface area contributed by atoms with Crippen LogP contribution in [0.1, 0.15) is 6.92 Å². The number of nitrogens with two attached hydrogens (primary N) is 1. The highest BCUT2D eigenvalue weighted by atomic mass is 16.5. The summed E-state index contributed by atoms with van der Waals surface area (Å²) in [6.45, 7) is 1.63. The minimum absolute atomic E-state index is 0.480. The van der Waals surface area contributed by atoms with Crippen molar-refractivity contribution in [1.29, 1.82) is 0 Å².